The molecule has 0 N–H and O–H groups in total. The van der Waals surface area contributed by atoms with Crippen molar-refractivity contribution in [1.29, 1.82) is 0 Å². The molecule has 28 heavy (non-hydrogen) atoms. The molecule has 0 aliphatic rings. The Morgan fingerprint density at radius 2 is 0.821 bits per heavy atom. The summed E-state index contributed by atoms with van der Waals surface area (Å²) in [5, 5.41) is 0. The quantitative estimate of drug-likeness (QED) is 0.396. The van der Waals surface area contributed by atoms with Crippen LogP contribution in [-0.2, 0) is 38.5 Å². The minimum absolute atomic E-state index is 1.02. The fourth-order valence-electron chi connectivity index (χ4n) is 4.06. The molecule has 0 nitrogen and oxygen atoms in total. The third kappa shape index (κ3) is 4.93. The lowest BCUT2D eigenvalue weighted by Gasteiger charge is -2.17. The van der Waals surface area contributed by atoms with Crippen LogP contribution in [0.2, 0.25) is 0 Å². The van der Waals surface area contributed by atoms with Gasteiger partial charge in [-0.25, -0.2) is 0 Å². The van der Waals surface area contributed by atoms with Crippen LogP contribution in [0.25, 0.3) is 0 Å². The van der Waals surface area contributed by atoms with E-state index in [4.69, 9.17) is 0 Å². The van der Waals surface area contributed by atoms with Gasteiger partial charge >= 0.3 is 0 Å². The van der Waals surface area contributed by atoms with Crippen molar-refractivity contribution in [2.45, 2.75) is 66.2 Å². The number of hydrogen-bond acceptors (Lipinski definition) is 0. The highest BCUT2D eigenvalue weighted by Gasteiger charge is 2.11. The van der Waals surface area contributed by atoms with Crippen LogP contribution < -0.4 is 0 Å². The van der Waals surface area contributed by atoms with Crippen LogP contribution in [0.4, 0.5) is 0 Å². The Kier molecular flexibility index (Phi) is 7.09. The highest BCUT2D eigenvalue weighted by atomic mass is 14.2. The summed E-state index contributed by atoms with van der Waals surface area (Å²) in [5.74, 6) is 0. The van der Waals surface area contributed by atoms with Gasteiger partial charge in [0.1, 0.15) is 0 Å². The molecule has 0 atom stereocenters. The molecule has 0 bridgehead atoms. The number of hydrogen-bond donors (Lipinski definition) is 0. The van der Waals surface area contributed by atoms with Crippen molar-refractivity contribution < 1.29 is 0 Å². The highest BCUT2D eigenvalue weighted by molar-refractivity contribution is 5.44. The van der Waals surface area contributed by atoms with Crippen LogP contribution in [0.15, 0.2) is 60.7 Å². The molecular weight excluding hydrogens is 336 g/mol. The van der Waals surface area contributed by atoms with Gasteiger partial charge in [0, 0.05) is 0 Å². The maximum atomic E-state index is 2.45. The van der Waals surface area contributed by atoms with Crippen molar-refractivity contribution in [2.24, 2.45) is 0 Å². The van der Waals surface area contributed by atoms with Crippen molar-refractivity contribution in [3.63, 3.8) is 0 Å². The maximum Gasteiger partial charge on any atom is -0.00203 e. The van der Waals surface area contributed by atoms with E-state index in [1.165, 1.54) is 38.9 Å². The standard InChI is InChI=1S/C28H34/c1-5-21-9-13-23(14-10-21)17-25-18-26(7-3)28(27(8-4)19-25)20-24-15-11-22(6-2)12-16-24/h9-16,18-19H,5-8,17,20H2,1-4H3. The van der Waals surface area contributed by atoms with Gasteiger partial charge in [0.15, 0.2) is 0 Å². The predicted octanol–water partition coefficient (Wildman–Crippen LogP) is 7.12. The van der Waals surface area contributed by atoms with Crippen molar-refractivity contribution >= 4 is 0 Å². The molecule has 0 radical (unpaired) electrons. The summed E-state index contributed by atoms with van der Waals surface area (Å²) in [6, 6.07) is 23.2. The highest BCUT2D eigenvalue weighted by Crippen LogP contribution is 2.25. The lowest BCUT2D eigenvalue weighted by atomic mass is 9.88. The Labute approximate surface area is 171 Å². The van der Waals surface area contributed by atoms with E-state index < -0.39 is 0 Å². The van der Waals surface area contributed by atoms with E-state index in [9.17, 15) is 0 Å². The molecule has 0 aliphatic heterocycles. The van der Waals surface area contributed by atoms with Crippen molar-refractivity contribution in [2.75, 3.05) is 0 Å². The monoisotopic (exact) mass is 370 g/mol. The smallest absolute Gasteiger partial charge is 0.00203 e. The van der Waals surface area contributed by atoms with Crippen molar-refractivity contribution in [1.82, 2.24) is 0 Å². The fourth-order valence-corrected chi connectivity index (χ4v) is 4.06. The first kappa shape index (κ1) is 20.4. The predicted molar refractivity (Wildman–Crippen MR) is 122 cm³/mol. The average Bonchev–Trinajstić information content (AvgIpc) is 2.75. The lowest BCUT2D eigenvalue weighted by Crippen LogP contribution is -2.03. The summed E-state index contributed by atoms with van der Waals surface area (Å²) in [4.78, 5) is 0. The van der Waals surface area contributed by atoms with Gasteiger partial charge in [-0.05, 0) is 83.0 Å². The molecule has 0 saturated heterocycles. The Morgan fingerprint density at radius 3 is 1.21 bits per heavy atom. The first-order valence-corrected chi connectivity index (χ1v) is 11.0. The summed E-state index contributed by atoms with van der Waals surface area (Å²) in [7, 11) is 0. The summed E-state index contributed by atoms with van der Waals surface area (Å²) >= 11 is 0. The van der Waals surface area contributed by atoms with E-state index in [0.29, 0.717) is 0 Å². The van der Waals surface area contributed by atoms with Gasteiger partial charge in [-0.2, -0.15) is 0 Å². The summed E-state index contributed by atoms with van der Waals surface area (Å²) in [5.41, 5.74) is 11.7. The lowest BCUT2D eigenvalue weighted by molar-refractivity contribution is 0.982. The Balaban J connectivity index is 1.87. The SMILES string of the molecule is CCc1ccc(Cc2cc(CC)c(Cc3ccc(CC)cc3)c(CC)c2)cc1. The second kappa shape index (κ2) is 9.73. The van der Waals surface area contributed by atoms with Gasteiger partial charge in [0.2, 0.25) is 0 Å². The summed E-state index contributed by atoms with van der Waals surface area (Å²) in [6.07, 6.45) is 6.47. The molecule has 0 heterocycles. The van der Waals surface area contributed by atoms with E-state index in [2.05, 4.69) is 88.4 Å². The molecule has 0 aromatic heterocycles. The molecule has 0 spiro atoms. The largest absolute Gasteiger partial charge is 0.0613 e. The average molecular weight is 371 g/mol. The van der Waals surface area contributed by atoms with Gasteiger partial charge in [0.25, 0.3) is 0 Å². The number of aryl methyl sites for hydroxylation is 4. The third-order valence-electron chi connectivity index (χ3n) is 5.91. The molecular formula is C28H34. The van der Waals surface area contributed by atoms with E-state index in [0.717, 1.165) is 38.5 Å². The first-order valence-electron chi connectivity index (χ1n) is 11.0. The Morgan fingerprint density at radius 1 is 0.429 bits per heavy atom. The number of benzene rings is 3. The molecule has 146 valence electrons. The topological polar surface area (TPSA) is 0 Å². The van der Waals surface area contributed by atoms with Gasteiger partial charge < -0.3 is 0 Å². The minimum atomic E-state index is 1.02. The van der Waals surface area contributed by atoms with E-state index in [-0.39, 0.29) is 0 Å². The van der Waals surface area contributed by atoms with Crippen molar-refractivity contribution in [3.8, 4) is 0 Å². The molecule has 3 aromatic carbocycles. The van der Waals surface area contributed by atoms with Gasteiger partial charge in [-0.15, -0.1) is 0 Å². The summed E-state index contributed by atoms with van der Waals surface area (Å²) in [6.45, 7) is 9.01. The molecule has 0 amide bonds. The molecule has 0 heteroatoms. The van der Waals surface area contributed by atoms with Crippen LogP contribution in [0, 0.1) is 0 Å². The van der Waals surface area contributed by atoms with E-state index in [1.807, 2.05) is 0 Å². The fraction of sp³-hybridized carbons (Fsp3) is 0.357. The minimum Gasteiger partial charge on any atom is -0.0613 e. The zero-order chi connectivity index (χ0) is 19.9. The summed E-state index contributed by atoms with van der Waals surface area (Å²) < 4.78 is 0. The van der Waals surface area contributed by atoms with Crippen molar-refractivity contribution in [3.05, 3.63) is 105 Å². The second-order valence-corrected chi connectivity index (χ2v) is 7.79. The van der Waals surface area contributed by atoms with Crippen LogP contribution in [0.1, 0.15) is 72.2 Å². The van der Waals surface area contributed by atoms with Crippen LogP contribution >= 0.6 is 0 Å². The van der Waals surface area contributed by atoms with Gasteiger partial charge in [-0.3, -0.25) is 0 Å². The molecule has 0 saturated carbocycles. The van der Waals surface area contributed by atoms with Gasteiger partial charge in [0.05, 0.1) is 0 Å². The van der Waals surface area contributed by atoms with Gasteiger partial charge in [-0.1, -0.05) is 88.4 Å². The molecule has 0 fully saturated rings. The zero-order valence-electron chi connectivity index (χ0n) is 18.0. The molecule has 3 rings (SSSR count). The third-order valence-corrected chi connectivity index (χ3v) is 5.91. The van der Waals surface area contributed by atoms with E-state index >= 15 is 0 Å². The normalized spacial score (nSPS) is 11.0. The zero-order valence-corrected chi connectivity index (χ0v) is 18.0. The molecule has 0 aliphatic carbocycles. The van der Waals surface area contributed by atoms with E-state index in [1.54, 1.807) is 5.56 Å². The second-order valence-electron chi connectivity index (χ2n) is 7.79. The van der Waals surface area contributed by atoms with Crippen LogP contribution in [0.5, 0.6) is 0 Å². The number of rotatable bonds is 8. The first-order chi connectivity index (χ1) is 13.7. The Bertz CT molecular complexity index is 857. The Hall–Kier alpha value is -2.34. The van der Waals surface area contributed by atoms with Crippen LogP contribution in [0.3, 0.4) is 0 Å². The maximum absolute atomic E-state index is 2.45. The molecule has 0 unspecified atom stereocenters. The molecule has 3 aromatic rings. The van der Waals surface area contributed by atoms with Crippen LogP contribution in [-0.4, -0.2) is 0 Å².